The van der Waals surface area contributed by atoms with Gasteiger partial charge in [0.25, 0.3) is 0 Å². The highest BCUT2D eigenvalue weighted by Gasteiger charge is 2.33. The molecule has 9 nitrogen and oxygen atoms in total. The van der Waals surface area contributed by atoms with E-state index < -0.39 is 0 Å². The molecule has 0 spiro atoms. The zero-order valence-corrected chi connectivity index (χ0v) is 24.2. The molecule has 10 heteroatoms. The molecule has 210 valence electrons. The van der Waals surface area contributed by atoms with Gasteiger partial charge in [0.1, 0.15) is 12.2 Å². The van der Waals surface area contributed by atoms with Crippen molar-refractivity contribution in [3.63, 3.8) is 0 Å². The Bertz CT molecular complexity index is 1320. The first-order chi connectivity index (χ1) is 18.7. The summed E-state index contributed by atoms with van der Waals surface area (Å²) >= 11 is 6.64. The molecule has 1 atom stereocenters. The molecular formula is C29H38ClN5O4. The summed E-state index contributed by atoms with van der Waals surface area (Å²) in [7, 11) is 5.05. The number of fused-ring (bicyclic) bond motifs is 1. The van der Waals surface area contributed by atoms with Crippen LogP contribution in [-0.2, 0) is 17.9 Å². The average Bonchev–Trinajstić information content (AvgIpc) is 3.24. The second-order valence-corrected chi connectivity index (χ2v) is 10.6. The van der Waals surface area contributed by atoms with E-state index in [1.54, 1.807) is 43.1 Å². The number of aromatic nitrogens is 2. The van der Waals surface area contributed by atoms with E-state index in [2.05, 4.69) is 18.8 Å². The summed E-state index contributed by atoms with van der Waals surface area (Å²) in [6, 6.07) is 7.48. The van der Waals surface area contributed by atoms with Gasteiger partial charge in [-0.05, 0) is 43.5 Å². The smallest absolute Gasteiger partial charge is 0.325 e. The second kappa shape index (κ2) is 12.6. The van der Waals surface area contributed by atoms with Crippen molar-refractivity contribution in [1.29, 1.82) is 0 Å². The first-order valence-electron chi connectivity index (χ1n) is 13.5. The highest BCUT2D eigenvalue weighted by atomic mass is 35.5. The number of hydrogen-bond donors (Lipinski definition) is 0. The molecule has 1 fully saturated rings. The molecule has 3 aromatic rings. The van der Waals surface area contributed by atoms with Gasteiger partial charge < -0.3 is 23.8 Å². The lowest BCUT2D eigenvalue weighted by atomic mass is 10.1. The predicted molar refractivity (Wildman–Crippen MR) is 154 cm³/mol. The molecule has 1 aliphatic heterocycles. The Morgan fingerprint density at radius 2 is 2.00 bits per heavy atom. The van der Waals surface area contributed by atoms with Crippen molar-refractivity contribution in [2.75, 3.05) is 39.3 Å². The lowest BCUT2D eigenvalue weighted by molar-refractivity contribution is -0.129. The standard InChI is InChI=1S/C29H38ClN5O4/c1-6-7-8-15-39-25-16-22(9-10-24(25)38-5)34-14-12-20(2)35(29(34)37)17-21-11-13-31-28-27(21)23(30)18-33(28)19-26(36)32(3)4/h9-11,13,16,18,20H,6-8,12,14-15,17,19H2,1-5H3/t20-/m0/s1. The van der Waals surface area contributed by atoms with Crippen molar-refractivity contribution < 1.29 is 19.1 Å². The van der Waals surface area contributed by atoms with Gasteiger partial charge in [-0.25, -0.2) is 9.78 Å². The third-order valence-corrected chi connectivity index (χ3v) is 7.47. The van der Waals surface area contributed by atoms with E-state index in [1.165, 1.54) is 4.90 Å². The van der Waals surface area contributed by atoms with Gasteiger partial charge in [-0.15, -0.1) is 0 Å². The molecule has 4 rings (SSSR count). The second-order valence-electron chi connectivity index (χ2n) is 10.2. The lowest BCUT2D eigenvalue weighted by Gasteiger charge is -2.40. The Labute approximate surface area is 235 Å². The van der Waals surface area contributed by atoms with Crippen molar-refractivity contribution >= 4 is 40.3 Å². The predicted octanol–water partition coefficient (Wildman–Crippen LogP) is 5.58. The minimum absolute atomic E-state index is 0.0381. The first-order valence-corrected chi connectivity index (χ1v) is 13.8. The molecule has 1 aliphatic rings. The van der Waals surface area contributed by atoms with E-state index in [9.17, 15) is 9.59 Å². The van der Waals surface area contributed by atoms with Gasteiger partial charge in [-0.1, -0.05) is 31.4 Å². The monoisotopic (exact) mass is 555 g/mol. The molecule has 0 radical (unpaired) electrons. The van der Waals surface area contributed by atoms with E-state index >= 15 is 0 Å². The molecule has 3 heterocycles. The summed E-state index contributed by atoms with van der Waals surface area (Å²) in [6.07, 6.45) is 7.42. The number of likely N-dealkylation sites (N-methyl/N-ethyl adjacent to an activating group) is 1. The van der Waals surface area contributed by atoms with E-state index in [0.29, 0.717) is 41.9 Å². The van der Waals surface area contributed by atoms with Crippen LogP contribution in [0.15, 0.2) is 36.7 Å². The van der Waals surface area contributed by atoms with E-state index in [-0.39, 0.29) is 24.5 Å². The zero-order valence-electron chi connectivity index (χ0n) is 23.4. The third-order valence-electron chi connectivity index (χ3n) is 7.19. The molecule has 0 N–H and O–H groups in total. The average molecular weight is 556 g/mol. The molecule has 0 unspecified atom stereocenters. The molecule has 0 saturated carbocycles. The third kappa shape index (κ3) is 6.24. The fourth-order valence-corrected chi connectivity index (χ4v) is 5.13. The van der Waals surface area contributed by atoms with Crippen LogP contribution < -0.4 is 14.4 Å². The number of urea groups is 1. The highest BCUT2D eigenvalue weighted by molar-refractivity contribution is 6.35. The summed E-state index contributed by atoms with van der Waals surface area (Å²) in [4.78, 5) is 35.9. The quantitative estimate of drug-likeness (QED) is 0.289. The van der Waals surface area contributed by atoms with Gasteiger partial charge in [0.15, 0.2) is 11.5 Å². The maximum Gasteiger partial charge on any atom is 0.325 e. The normalized spacial score (nSPS) is 15.6. The Morgan fingerprint density at radius 1 is 1.21 bits per heavy atom. The van der Waals surface area contributed by atoms with Crippen LogP contribution >= 0.6 is 11.6 Å². The fourth-order valence-electron chi connectivity index (χ4n) is 4.81. The van der Waals surface area contributed by atoms with Gasteiger partial charge in [-0.3, -0.25) is 9.69 Å². The minimum atomic E-state index is -0.0841. The number of benzene rings is 1. The Balaban J connectivity index is 1.58. The van der Waals surface area contributed by atoms with Gasteiger partial charge in [0, 0.05) is 62.8 Å². The molecular weight excluding hydrogens is 518 g/mol. The van der Waals surface area contributed by atoms with E-state index in [1.807, 2.05) is 29.2 Å². The van der Waals surface area contributed by atoms with Crippen LogP contribution in [0.5, 0.6) is 11.5 Å². The Hall–Kier alpha value is -3.46. The van der Waals surface area contributed by atoms with E-state index in [4.69, 9.17) is 21.1 Å². The summed E-state index contributed by atoms with van der Waals surface area (Å²) in [6.45, 7) is 5.93. The topological polar surface area (TPSA) is 80.1 Å². The first kappa shape index (κ1) is 28.5. The SMILES string of the molecule is CCCCCOc1cc(N2CC[C@H](C)N(Cc3ccnc4c3c(Cl)cn4CC(=O)N(C)C)C2=O)ccc1OC. The van der Waals surface area contributed by atoms with Gasteiger partial charge >= 0.3 is 6.03 Å². The summed E-state index contributed by atoms with van der Waals surface area (Å²) in [5, 5.41) is 1.27. The number of pyridine rings is 1. The van der Waals surface area contributed by atoms with E-state index in [0.717, 1.165) is 42.3 Å². The van der Waals surface area contributed by atoms with Crippen LogP contribution in [0.1, 0.15) is 45.1 Å². The number of carbonyl (C=O) groups is 2. The van der Waals surface area contributed by atoms with Crippen LogP contribution in [0.3, 0.4) is 0 Å². The van der Waals surface area contributed by atoms with Crippen molar-refractivity contribution in [3.05, 3.63) is 47.2 Å². The number of methoxy groups -OCH3 is 1. The van der Waals surface area contributed by atoms with Crippen LogP contribution in [0.4, 0.5) is 10.5 Å². The Morgan fingerprint density at radius 3 is 2.72 bits per heavy atom. The number of hydrogen-bond acceptors (Lipinski definition) is 5. The van der Waals surface area contributed by atoms with Gasteiger partial charge in [0.05, 0.1) is 18.7 Å². The summed E-state index contributed by atoms with van der Waals surface area (Å²) in [5.41, 5.74) is 2.29. The molecule has 3 amide bonds. The molecule has 1 saturated heterocycles. The van der Waals surface area contributed by atoms with Crippen molar-refractivity contribution in [2.24, 2.45) is 0 Å². The van der Waals surface area contributed by atoms with Gasteiger partial charge in [0.2, 0.25) is 5.91 Å². The number of anilines is 1. The molecule has 0 aliphatic carbocycles. The number of amides is 3. The van der Waals surface area contributed by atoms with Crippen molar-refractivity contribution in [1.82, 2.24) is 19.4 Å². The van der Waals surface area contributed by atoms with Crippen LogP contribution in [0, 0.1) is 0 Å². The molecule has 0 bridgehead atoms. The molecule has 39 heavy (non-hydrogen) atoms. The largest absolute Gasteiger partial charge is 0.493 e. The number of ether oxygens (including phenoxy) is 2. The van der Waals surface area contributed by atoms with Crippen molar-refractivity contribution in [3.8, 4) is 11.5 Å². The maximum absolute atomic E-state index is 13.8. The van der Waals surface area contributed by atoms with Gasteiger partial charge in [-0.2, -0.15) is 0 Å². The maximum atomic E-state index is 13.8. The highest BCUT2D eigenvalue weighted by Crippen LogP contribution is 2.35. The number of rotatable bonds is 11. The minimum Gasteiger partial charge on any atom is -0.493 e. The van der Waals surface area contributed by atoms with Crippen LogP contribution in [0.25, 0.3) is 11.0 Å². The van der Waals surface area contributed by atoms with Crippen molar-refractivity contribution in [2.45, 2.75) is 58.7 Å². The summed E-state index contributed by atoms with van der Waals surface area (Å²) in [5.74, 6) is 1.23. The number of nitrogens with zero attached hydrogens (tertiary/aromatic N) is 5. The number of halogens is 1. The number of carbonyl (C=O) groups excluding carboxylic acids is 2. The molecule has 1 aromatic carbocycles. The Kier molecular flexibility index (Phi) is 9.22. The zero-order chi connectivity index (χ0) is 28.1. The number of unbranched alkanes of at least 4 members (excludes halogenated alkanes) is 2. The van der Waals surface area contributed by atoms with Crippen LogP contribution in [-0.4, -0.2) is 71.7 Å². The fraction of sp³-hybridized carbons (Fsp3) is 0.483. The molecule has 2 aromatic heterocycles. The summed E-state index contributed by atoms with van der Waals surface area (Å²) < 4.78 is 13.3. The lowest BCUT2D eigenvalue weighted by Crippen LogP contribution is -2.53. The van der Waals surface area contributed by atoms with Crippen LogP contribution in [0.2, 0.25) is 5.02 Å².